The topological polar surface area (TPSA) is 82.7 Å². The van der Waals surface area contributed by atoms with Crippen molar-refractivity contribution in [3.8, 4) is 6.07 Å². The molecule has 58 valence electrons. The van der Waals surface area contributed by atoms with Crippen molar-refractivity contribution in [3.63, 3.8) is 0 Å². The largest absolute Gasteiger partial charge is 0.464 e. The summed E-state index contributed by atoms with van der Waals surface area (Å²) in [7, 11) is 1.15. The first-order valence-electron chi connectivity index (χ1n) is 2.62. The summed E-state index contributed by atoms with van der Waals surface area (Å²) in [6, 6.07) is 1.63. The van der Waals surface area contributed by atoms with Crippen LogP contribution in [-0.4, -0.2) is 24.0 Å². The van der Waals surface area contributed by atoms with Gasteiger partial charge in [-0.25, -0.2) is 4.79 Å². The van der Waals surface area contributed by atoms with E-state index in [2.05, 4.69) is 9.89 Å². The minimum absolute atomic E-state index is 0.311. The molecule has 5 nitrogen and oxygen atoms in total. The van der Waals surface area contributed by atoms with E-state index in [9.17, 15) is 4.79 Å². The molecule has 0 fully saturated rings. The molecule has 11 heavy (non-hydrogen) atoms. The third kappa shape index (κ3) is 3.01. The quantitative estimate of drug-likeness (QED) is 0.200. The van der Waals surface area contributed by atoms with Gasteiger partial charge in [-0.3, -0.25) is 0 Å². The standard InChI is InChI=1S/C6H6N2O3/c1-11-6(9)5(8-10)3-2-4-7/h2-3,10H,1H3/b3-2+,8-5-. The second kappa shape index (κ2) is 4.99. The van der Waals surface area contributed by atoms with Gasteiger partial charge in [-0.2, -0.15) is 5.26 Å². The van der Waals surface area contributed by atoms with Gasteiger partial charge in [-0.15, -0.1) is 0 Å². The number of hydrogen-bond acceptors (Lipinski definition) is 5. The van der Waals surface area contributed by atoms with Gasteiger partial charge in [0, 0.05) is 6.08 Å². The van der Waals surface area contributed by atoms with E-state index in [-0.39, 0.29) is 5.71 Å². The zero-order valence-corrected chi connectivity index (χ0v) is 5.81. The molecular formula is C6H6N2O3. The van der Waals surface area contributed by atoms with Gasteiger partial charge in [0.15, 0.2) is 5.71 Å². The molecule has 0 aromatic carbocycles. The molecule has 0 bridgehead atoms. The van der Waals surface area contributed by atoms with E-state index in [4.69, 9.17) is 10.5 Å². The lowest BCUT2D eigenvalue weighted by atomic mass is 10.3. The van der Waals surface area contributed by atoms with Crippen LogP contribution >= 0.6 is 0 Å². The highest BCUT2D eigenvalue weighted by molar-refractivity contribution is 6.41. The molecular weight excluding hydrogens is 148 g/mol. The molecule has 0 saturated carbocycles. The second-order valence-corrected chi connectivity index (χ2v) is 1.44. The minimum Gasteiger partial charge on any atom is -0.464 e. The Balaban J connectivity index is 4.35. The average molecular weight is 154 g/mol. The van der Waals surface area contributed by atoms with E-state index < -0.39 is 5.97 Å². The smallest absolute Gasteiger partial charge is 0.360 e. The zero-order chi connectivity index (χ0) is 8.69. The monoisotopic (exact) mass is 154 g/mol. The molecule has 5 heteroatoms. The molecule has 0 aromatic heterocycles. The molecule has 0 unspecified atom stereocenters. The van der Waals surface area contributed by atoms with Crippen LogP contribution in [0.3, 0.4) is 0 Å². The highest BCUT2D eigenvalue weighted by Crippen LogP contribution is 1.84. The number of rotatable bonds is 2. The minimum atomic E-state index is -0.793. The number of oxime groups is 1. The first kappa shape index (κ1) is 9.17. The Labute approximate surface area is 63.2 Å². The van der Waals surface area contributed by atoms with Crippen molar-refractivity contribution in [2.75, 3.05) is 7.11 Å². The maximum Gasteiger partial charge on any atom is 0.360 e. The number of hydrogen-bond donors (Lipinski definition) is 1. The van der Waals surface area contributed by atoms with Crippen LogP contribution in [0.4, 0.5) is 0 Å². The lowest BCUT2D eigenvalue weighted by Gasteiger charge is -1.93. The number of methoxy groups -OCH3 is 1. The summed E-state index contributed by atoms with van der Waals surface area (Å²) >= 11 is 0. The first-order valence-corrected chi connectivity index (χ1v) is 2.62. The molecule has 0 spiro atoms. The van der Waals surface area contributed by atoms with Crippen LogP contribution in [0.2, 0.25) is 0 Å². The Bertz CT molecular complexity index is 237. The molecule has 0 aliphatic rings. The predicted octanol–water partition coefficient (Wildman–Crippen LogP) is 0.0694. The summed E-state index contributed by atoms with van der Waals surface area (Å²) in [5.74, 6) is -0.793. The molecule has 0 rings (SSSR count). The average Bonchev–Trinajstić information content (AvgIpc) is 2.05. The molecule has 0 aromatic rings. The SMILES string of the molecule is COC(=O)C(/C=C/C#N)=N\O. The number of carbonyl (C=O) groups is 1. The first-order chi connectivity index (χ1) is 5.26. The molecule has 0 aliphatic heterocycles. The number of nitriles is 1. The van der Waals surface area contributed by atoms with E-state index in [1.807, 2.05) is 0 Å². The number of allylic oxidation sites excluding steroid dienone is 1. The Morgan fingerprint density at radius 2 is 2.45 bits per heavy atom. The van der Waals surface area contributed by atoms with Gasteiger partial charge in [0.25, 0.3) is 0 Å². The van der Waals surface area contributed by atoms with Gasteiger partial charge < -0.3 is 9.94 Å². The normalized spacial score (nSPS) is 11.1. The Morgan fingerprint density at radius 1 is 1.82 bits per heavy atom. The molecule has 0 amide bonds. The van der Waals surface area contributed by atoms with Crippen molar-refractivity contribution in [1.82, 2.24) is 0 Å². The van der Waals surface area contributed by atoms with Crippen LogP contribution in [0.15, 0.2) is 17.3 Å². The molecule has 0 aliphatic carbocycles. The summed E-state index contributed by atoms with van der Waals surface area (Å²) in [4.78, 5) is 10.6. The van der Waals surface area contributed by atoms with E-state index in [1.54, 1.807) is 6.07 Å². The van der Waals surface area contributed by atoms with Crippen molar-refractivity contribution in [3.05, 3.63) is 12.2 Å². The fourth-order valence-corrected chi connectivity index (χ4v) is 0.363. The fourth-order valence-electron chi connectivity index (χ4n) is 0.363. The van der Waals surface area contributed by atoms with E-state index in [0.29, 0.717) is 0 Å². The summed E-state index contributed by atoms with van der Waals surface area (Å²) in [6.45, 7) is 0. The number of ether oxygens (including phenoxy) is 1. The van der Waals surface area contributed by atoms with E-state index in [0.717, 1.165) is 19.3 Å². The van der Waals surface area contributed by atoms with Gasteiger partial charge in [0.05, 0.1) is 13.2 Å². The third-order valence-corrected chi connectivity index (χ3v) is 0.818. The second-order valence-electron chi connectivity index (χ2n) is 1.44. The molecule has 0 atom stereocenters. The van der Waals surface area contributed by atoms with Crippen LogP contribution < -0.4 is 0 Å². The summed E-state index contributed by atoms with van der Waals surface area (Å²) in [5.41, 5.74) is -0.311. The van der Waals surface area contributed by atoms with Gasteiger partial charge in [0.1, 0.15) is 0 Å². The van der Waals surface area contributed by atoms with E-state index in [1.165, 1.54) is 0 Å². The van der Waals surface area contributed by atoms with Gasteiger partial charge in [-0.05, 0) is 6.08 Å². The Kier molecular flexibility index (Phi) is 4.16. The van der Waals surface area contributed by atoms with Crippen LogP contribution in [-0.2, 0) is 9.53 Å². The van der Waals surface area contributed by atoms with Crippen molar-refractivity contribution in [2.45, 2.75) is 0 Å². The van der Waals surface area contributed by atoms with Crippen molar-refractivity contribution >= 4 is 11.7 Å². The summed E-state index contributed by atoms with van der Waals surface area (Å²) in [6.07, 6.45) is 2.05. The highest BCUT2D eigenvalue weighted by Gasteiger charge is 2.06. The van der Waals surface area contributed by atoms with Crippen molar-refractivity contribution in [2.24, 2.45) is 5.16 Å². The highest BCUT2D eigenvalue weighted by atomic mass is 16.5. The lowest BCUT2D eigenvalue weighted by molar-refractivity contribution is -0.132. The van der Waals surface area contributed by atoms with Gasteiger partial charge in [0.2, 0.25) is 0 Å². The maximum atomic E-state index is 10.6. The van der Waals surface area contributed by atoms with Crippen LogP contribution in [0, 0.1) is 11.3 Å². The number of nitrogens with zero attached hydrogens (tertiary/aromatic N) is 2. The van der Waals surface area contributed by atoms with Crippen LogP contribution in [0.5, 0.6) is 0 Å². The van der Waals surface area contributed by atoms with Gasteiger partial charge in [-0.1, -0.05) is 5.16 Å². The maximum absolute atomic E-state index is 10.6. The van der Waals surface area contributed by atoms with Crippen LogP contribution in [0.1, 0.15) is 0 Å². The van der Waals surface area contributed by atoms with Crippen molar-refractivity contribution in [1.29, 1.82) is 5.26 Å². The molecule has 0 radical (unpaired) electrons. The number of carbonyl (C=O) groups excluding carboxylic acids is 1. The lowest BCUT2D eigenvalue weighted by Crippen LogP contribution is -2.12. The third-order valence-electron chi connectivity index (χ3n) is 0.818. The molecule has 1 N–H and O–H groups in total. The fraction of sp³-hybridized carbons (Fsp3) is 0.167. The van der Waals surface area contributed by atoms with Gasteiger partial charge >= 0.3 is 5.97 Å². The summed E-state index contributed by atoms with van der Waals surface area (Å²) in [5, 5.41) is 18.8. The van der Waals surface area contributed by atoms with E-state index >= 15 is 0 Å². The number of esters is 1. The Hall–Kier alpha value is -1.83. The zero-order valence-electron chi connectivity index (χ0n) is 5.81. The summed E-state index contributed by atoms with van der Waals surface area (Å²) < 4.78 is 4.21. The van der Waals surface area contributed by atoms with Crippen molar-refractivity contribution < 1.29 is 14.7 Å². The molecule has 0 heterocycles. The molecule has 0 saturated heterocycles. The van der Waals surface area contributed by atoms with Crippen LogP contribution in [0.25, 0.3) is 0 Å². The predicted molar refractivity (Wildman–Crippen MR) is 36.0 cm³/mol. The Morgan fingerprint density at radius 3 is 2.82 bits per heavy atom.